The van der Waals surface area contributed by atoms with E-state index in [-0.39, 0.29) is 0 Å². The number of carbonyl (C=O) groups excluding carboxylic acids is 1. The molecule has 0 radical (unpaired) electrons. The molecule has 0 unspecified atom stereocenters. The summed E-state index contributed by atoms with van der Waals surface area (Å²) in [5.41, 5.74) is 2.81. The highest BCUT2D eigenvalue weighted by atomic mass is 32.2. The van der Waals surface area contributed by atoms with Gasteiger partial charge in [-0.05, 0) is 54.6 Å². The molecule has 2 heterocycles. The molecule has 0 fully saturated rings. The van der Waals surface area contributed by atoms with Gasteiger partial charge in [-0.2, -0.15) is 5.10 Å². The van der Waals surface area contributed by atoms with Crippen LogP contribution in [0.2, 0.25) is 0 Å². The van der Waals surface area contributed by atoms with Gasteiger partial charge in [0.1, 0.15) is 0 Å². The maximum absolute atomic E-state index is 12.4. The standard InChI is InChI=1S/C22H18N4OS/c1-23-22(27)18-7-2-3-8-21(18)28-16-10-11-17-19(25-26-20(17)14-16)12-9-15-6-4-5-13-24-15/h2-14H,1H3,(H,23,27)(H,25,26)/b12-9+/i1+1D3. The summed E-state index contributed by atoms with van der Waals surface area (Å²) in [5, 5.41) is 10.4. The van der Waals surface area contributed by atoms with Gasteiger partial charge in [0.05, 0.1) is 22.5 Å². The third-order valence-electron chi connectivity index (χ3n) is 4.14. The van der Waals surface area contributed by atoms with E-state index in [1.807, 2.05) is 59.9 Å². The quantitative estimate of drug-likeness (QED) is 0.487. The molecule has 2 aromatic heterocycles. The van der Waals surface area contributed by atoms with E-state index in [1.165, 1.54) is 11.8 Å². The van der Waals surface area contributed by atoms with Gasteiger partial charge < -0.3 is 5.32 Å². The number of H-pyrrole nitrogens is 1. The third kappa shape index (κ3) is 3.82. The van der Waals surface area contributed by atoms with Crippen molar-refractivity contribution in [1.82, 2.24) is 20.5 Å². The molecule has 2 aromatic carbocycles. The second-order valence-electron chi connectivity index (χ2n) is 5.96. The Balaban J connectivity index is 1.57. The van der Waals surface area contributed by atoms with Gasteiger partial charge >= 0.3 is 0 Å². The largest absolute Gasteiger partial charge is 0.355 e. The molecule has 1 amide bonds. The summed E-state index contributed by atoms with van der Waals surface area (Å²) in [6, 6.07) is 18.5. The van der Waals surface area contributed by atoms with Crippen LogP contribution in [0, 0.1) is 0 Å². The van der Waals surface area contributed by atoms with E-state index < -0.39 is 12.9 Å². The van der Waals surface area contributed by atoms with Crippen molar-refractivity contribution < 1.29 is 8.91 Å². The fraction of sp³-hybridized carbons (Fsp3) is 0.0455. The van der Waals surface area contributed by atoms with Crippen LogP contribution in [0.5, 0.6) is 0 Å². The number of aromatic amines is 1. The lowest BCUT2D eigenvalue weighted by atomic mass is 10.2. The molecule has 0 spiro atoms. The van der Waals surface area contributed by atoms with Gasteiger partial charge in [0.15, 0.2) is 0 Å². The minimum atomic E-state index is -2.54. The van der Waals surface area contributed by atoms with E-state index in [9.17, 15) is 4.79 Å². The van der Waals surface area contributed by atoms with E-state index in [0.29, 0.717) is 10.5 Å². The summed E-state index contributed by atoms with van der Waals surface area (Å²) in [7, 11) is 0. The lowest BCUT2D eigenvalue weighted by molar-refractivity contribution is 0.0960. The second-order valence-corrected chi connectivity index (χ2v) is 7.07. The topological polar surface area (TPSA) is 70.7 Å². The van der Waals surface area contributed by atoms with Crippen molar-refractivity contribution in [1.29, 1.82) is 0 Å². The van der Waals surface area contributed by atoms with Crippen molar-refractivity contribution in [2.24, 2.45) is 0 Å². The number of hydrogen-bond donors (Lipinski definition) is 2. The maximum Gasteiger partial charge on any atom is 0.252 e. The van der Waals surface area contributed by atoms with E-state index in [1.54, 1.807) is 24.4 Å². The van der Waals surface area contributed by atoms with Crippen molar-refractivity contribution in [2.75, 3.05) is 6.98 Å². The lowest BCUT2D eigenvalue weighted by Gasteiger charge is -2.08. The van der Waals surface area contributed by atoms with E-state index in [0.717, 1.165) is 27.2 Å². The predicted molar refractivity (Wildman–Crippen MR) is 113 cm³/mol. The number of fused-ring (bicyclic) bond motifs is 1. The van der Waals surface area contributed by atoms with Crippen molar-refractivity contribution >= 4 is 40.7 Å². The molecule has 0 atom stereocenters. The van der Waals surface area contributed by atoms with Crippen molar-refractivity contribution in [3.63, 3.8) is 0 Å². The number of aromatic nitrogens is 3. The zero-order valence-electron chi connectivity index (χ0n) is 17.7. The molecule has 6 heteroatoms. The predicted octanol–water partition coefficient (Wildman–Crippen LogP) is 4.64. The summed E-state index contributed by atoms with van der Waals surface area (Å²) in [4.78, 5) is 18.2. The third-order valence-corrected chi connectivity index (χ3v) is 5.20. The van der Waals surface area contributed by atoms with Crippen LogP contribution < -0.4 is 5.32 Å². The first-order valence-electron chi connectivity index (χ1n) is 10.1. The van der Waals surface area contributed by atoms with E-state index in [4.69, 9.17) is 4.11 Å². The molecule has 0 aliphatic heterocycles. The highest BCUT2D eigenvalue weighted by Crippen LogP contribution is 2.32. The Kier molecular flexibility index (Phi) is 4.24. The number of nitrogens with zero attached hydrogens (tertiary/aromatic N) is 2. The average molecular weight is 390 g/mol. The van der Waals surface area contributed by atoms with Gasteiger partial charge in [-0.25, -0.2) is 0 Å². The molecule has 138 valence electrons. The molecular formula is C22H18N4OS. The van der Waals surface area contributed by atoms with E-state index in [2.05, 4.69) is 15.2 Å². The van der Waals surface area contributed by atoms with Crippen LogP contribution in [-0.2, 0) is 0 Å². The first kappa shape index (κ1) is 14.6. The normalized spacial score (nSPS) is 13.2. The van der Waals surface area contributed by atoms with Crippen molar-refractivity contribution in [3.05, 3.63) is 83.8 Å². The first-order chi connectivity index (χ1) is 14.9. The summed E-state index contributed by atoms with van der Waals surface area (Å²) in [5.74, 6) is -0.632. The molecule has 4 rings (SSSR count). The minimum Gasteiger partial charge on any atom is -0.355 e. The number of carbonyl (C=O) groups is 1. The minimum absolute atomic E-state index is 0.312. The van der Waals surface area contributed by atoms with Crippen molar-refractivity contribution in [2.45, 2.75) is 9.79 Å². The number of pyridine rings is 1. The van der Waals surface area contributed by atoms with Gasteiger partial charge in [0, 0.05) is 32.5 Å². The fourth-order valence-corrected chi connectivity index (χ4v) is 3.77. The molecule has 2 N–H and O–H groups in total. The molecule has 0 aliphatic rings. The zero-order chi connectivity index (χ0) is 21.8. The highest BCUT2D eigenvalue weighted by molar-refractivity contribution is 7.99. The molecule has 0 saturated carbocycles. The Labute approximate surface area is 171 Å². The number of hydrogen-bond acceptors (Lipinski definition) is 4. The Bertz CT molecular complexity index is 1250. The number of amides is 1. The van der Waals surface area contributed by atoms with Crippen LogP contribution in [0.3, 0.4) is 0 Å². The van der Waals surface area contributed by atoms with Crippen LogP contribution in [0.4, 0.5) is 0 Å². The molecular weight excluding hydrogens is 369 g/mol. The van der Waals surface area contributed by atoms with Crippen LogP contribution in [0.1, 0.15) is 25.9 Å². The first-order valence-corrected chi connectivity index (χ1v) is 9.37. The van der Waals surface area contributed by atoms with Gasteiger partial charge in [0.25, 0.3) is 5.91 Å². The molecule has 0 saturated heterocycles. The summed E-state index contributed by atoms with van der Waals surface area (Å²) >= 11 is 1.38. The van der Waals surface area contributed by atoms with Gasteiger partial charge in [-0.1, -0.05) is 30.0 Å². The number of nitrogens with one attached hydrogen (secondary N) is 2. The van der Waals surface area contributed by atoms with Crippen LogP contribution in [0.15, 0.2) is 76.7 Å². The summed E-state index contributed by atoms with van der Waals surface area (Å²) < 4.78 is 21.8. The highest BCUT2D eigenvalue weighted by Gasteiger charge is 2.11. The second kappa shape index (κ2) is 8.10. The molecule has 0 bridgehead atoms. The van der Waals surface area contributed by atoms with Crippen molar-refractivity contribution in [3.8, 4) is 0 Å². The molecule has 4 aromatic rings. The monoisotopic (exact) mass is 390 g/mol. The van der Waals surface area contributed by atoms with Gasteiger partial charge in [-0.3, -0.25) is 14.9 Å². The Morgan fingerprint density at radius 2 is 2.04 bits per heavy atom. The van der Waals surface area contributed by atoms with Gasteiger partial charge in [-0.15, -0.1) is 0 Å². The summed E-state index contributed by atoms with van der Waals surface area (Å²) in [6.45, 7) is -2.54. The van der Waals surface area contributed by atoms with Crippen LogP contribution in [0.25, 0.3) is 23.1 Å². The van der Waals surface area contributed by atoms with Crippen LogP contribution >= 0.6 is 11.8 Å². The zero-order valence-corrected chi connectivity index (χ0v) is 15.5. The number of rotatable bonds is 5. The molecule has 0 aliphatic carbocycles. The molecule has 28 heavy (non-hydrogen) atoms. The SMILES string of the molecule is [2H][13C]([2H])([2H])NC(=O)c1ccccc1Sc1ccc2c(/C=C/c3ccccn3)n[nH]c2c1. The van der Waals surface area contributed by atoms with Gasteiger partial charge in [0.2, 0.25) is 0 Å². The Morgan fingerprint density at radius 3 is 2.89 bits per heavy atom. The van der Waals surface area contributed by atoms with Crippen LogP contribution in [-0.4, -0.2) is 28.1 Å². The molecule has 5 nitrogen and oxygen atoms in total. The lowest BCUT2D eigenvalue weighted by Crippen LogP contribution is -2.18. The fourth-order valence-electron chi connectivity index (χ4n) is 2.79. The Hall–Kier alpha value is -3.38. The van der Waals surface area contributed by atoms with E-state index >= 15 is 0 Å². The summed E-state index contributed by atoms with van der Waals surface area (Å²) in [6.07, 6.45) is 5.54. The average Bonchev–Trinajstić information content (AvgIpc) is 3.14. The number of benzene rings is 2. The Morgan fingerprint density at radius 1 is 1.14 bits per heavy atom. The smallest absolute Gasteiger partial charge is 0.252 e. The maximum atomic E-state index is 12.4.